The zero-order chi connectivity index (χ0) is 15.6. The monoisotopic (exact) mass is 324 g/mol. The fraction of sp³-hybridized carbons (Fsp3) is 0.0588. The normalized spacial score (nSPS) is 11.0. The van der Waals surface area contributed by atoms with Crippen molar-refractivity contribution in [3.8, 4) is 0 Å². The molecule has 0 radical (unpaired) electrons. The maximum atomic E-state index is 11.9. The Morgan fingerprint density at radius 3 is 2.96 bits per heavy atom. The van der Waals surface area contributed by atoms with E-state index in [1.54, 1.807) is 22.9 Å². The number of furan rings is 1. The molecule has 1 amide bonds. The quantitative estimate of drug-likeness (QED) is 0.588. The van der Waals surface area contributed by atoms with Gasteiger partial charge in [0, 0.05) is 11.5 Å². The van der Waals surface area contributed by atoms with E-state index in [-0.39, 0.29) is 6.61 Å². The van der Waals surface area contributed by atoms with Gasteiger partial charge >= 0.3 is 6.09 Å². The number of amides is 1. The van der Waals surface area contributed by atoms with Gasteiger partial charge < -0.3 is 9.15 Å². The fourth-order valence-electron chi connectivity index (χ4n) is 2.34. The third-order valence-electron chi connectivity index (χ3n) is 3.42. The molecule has 114 valence electrons. The molecule has 0 unspecified atom stereocenters. The number of benzene rings is 2. The summed E-state index contributed by atoms with van der Waals surface area (Å²) >= 11 is 1.55. The third kappa shape index (κ3) is 2.76. The van der Waals surface area contributed by atoms with Crippen molar-refractivity contribution in [1.82, 2.24) is 4.98 Å². The highest BCUT2D eigenvalue weighted by molar-refractivity contribution is 7.16. The van der Waals surface area contributed by atoms with Gasteiger partial charge in [-0.3, -0.25) is 5.32 Å². The van der Waals surface area contributed by atoms with E-state index in [0.717, 1.165) is 21.2 Å². The molecular weight excluding hydrogens is 312 g/mol. The van der Waals surface area contributed by atoms with Crippen LogP contribution in [-0.2, 0) is 11.3 Å². The molecule has 2 aromatic heterocycles. The topological polar surface area (TPSA) is 64.4 Å². The van der Waals surface area contributed by atoms with Crippen LogP contribution in [0.3, 0.4) is 0 Å². The van der Waals surface area contributed by atoms with Gasteiger partial charge in [-0.25, -0.2) is 9.78 Å². The zero-order valence-corrected chi connectivity index (χ0v) is 12.8. The molecule has 2 aromatic carbocycles. The number of rotatable bonds is 3. The standard InChI is InChI=1S/C17H12N2O3S/c20-17(21-9-11-4-2-1-3-5-11)19-14-8-12-6-7-13-15(16(12)22-14)18-10-23-13/h1-8,10H,9H2,(H,19,20). The number of fused-ring (bicyclic) bond motifs is 3. The molecule has 4 rings (SSSR count). The van der Waals surface area contributed by atoms with E-state index in [2.05, 4.69) is 10.3 Å². The Bertz CT molecular complexity index is 975. The van der Waals surface area contributed by atoms with Gasteiger partial charge in [0.2, 0.25) is 5.88 Å². The first-order valence-corrected chi connectivity index (χ1v) is 7.91. The van der Waals surface area contributed by atoms with Gasteiger partial charge in [-0.05, 0) is 17.7 Å². The lowest BCUT2D eigenvalue weighted by Crippen LogP contribution is -2.12. The number of ether oxygens (including phenoxy) is 1. The number of aromatic nitrogens is 1. The van der Waals surface area contributed by atoms with Gasteiger partial charge in [-0.15, -0.1) is 11.3 Å². The van der Waals surface area contributed by atoms with Crippen LogP contribution in [0.15, 0.2) is 58.5 Å². The Kier molecular flexibility index (Phi) is 3.44. The number of carbonyl (C=O) groups excluding carboxylic acids is 1. The minimum Gasteiger partial charge on any atom is -0.444 e. The van der Waals surface area contributed by atoms with Crippen molar-refractivity contribution in [3.63, 3.8) is 0 Å². The first-order chi connectivity index (χ1) is 11.3. The van der Waals surface area contributed by atoms with Gasteiger partial charge in [0.25, 0.3) is 0 Å². The molecule has 0 aliphatic heterocycles. The molecule has 0 bridgehead atoms. The number of hydrogen-bond donors (Lipinski definition) is 1. The second kappa shape index (κ2) is 5.73. The lowest BCUT2D eigenvalue weighted by Gasteiger charge is -2.04. The van der Waals surface area contributed by atoms with Crippen molar-refractivity contribution >= 4 is 44.5 Å². The van der Waals surface area contributed by atoms with Crippen molar-refractivity contribution in [2.24, 2.45) is 0 Å². The Morgan fingerprint density at radius 1 is 1.22 bits per heavy atom. The summed E-state index contributed by atoms with van der Waals surface area (Å²) in [4.78, 5) is 16.2. The minimum absolute atomic E-state index is 0.212. The van der Waals surface area contributed by atoms with E-state index in [0.29, 0.717) is 11.5 Å². The lowest BCUT2D eigenvalue weighted by molar-refractivity contribution is 0.154. The number of nitrogens with one attached hydrogen (secondary N) is 1. The fourth-order valence-corrected chi connectivity index (χ4v) is 3.02. The number of carbonyl (C=O) groups is 1. The summed E-state index contributed by atoms with van der Waals surface area (Å²) in [6, 6.07) is 15.2. The average Bonchev–Trinajstić information content (AvgIpc) is 3.19. The highest BCUT2D eigenvalue weighted by Crippen LogP contribution is 2.31. The SMILES string of the molecule is O=C(Nc1cc2ccc3scnc3c2o1)OCc1ccccc1. The summed E-state index contributed by atoms with van der Waals surface area (Å²) in [7, 11) is 0. The predicted molar refractivity (Wildman–Crippen MR) is 89.6 cm³/mol. The first kappa shape index (κ1) is 13.8. The Labute approximate surface area is 135 Å². The van der Waals surface area contributed by atoms with Gasteiger partial charge in [0.15, 0.2) is 5.58 Å². The molecule has 0 saturated heterocycles. The second-order valence-corrected chi connectivity index (χ2v) is 5.87. The highest BCUT2D eigenvalue weighted by Gasteiger charge is 2.12. The zero-order valence-electron chi connectivity index (χ0n) is 12.0. The molecule has 0 aliphatic carbocycles. The summed E-state index contributed by atoms with van der Waals surface area (Å²) in [5.74, 6) is 0.346. The van der Waals surface area contributed by atoms with Crippen molar-refractivity contribution in [1.29, 1.82) is 0 Å². The number of hydrogen-bond acceptors (Lipinski definition) is 5. The molecule has 0 saturated carbocycles. The minimum atomic E-state index is -0.553. The smallest absolute Gasteiger partial charge is 0.414 e. The van der Waals surface area contributed by atoms with Crippen LogP contribution in [0.5, 0.6) is 0 Å². The van der Waals surface area contributed by atoms with Gasteiger partial charge in [0.1, 0.15) is 12.1 Å². The van der Waals surface area contributed by atoms with Crippen molar-refractivity contribution < 1.29 is 13.9 Å². The second-order valence-electron chi connectivity index (χ2n) is 4.98. The summed E-state index contributed by atoms with van der Waals surface area (Å²) in [5.41, 5.74) is 4.17. The van der Waals surface area contributed by atoms with Crippen LogP contribution in [0.2, 0.25) is 0 Å². The van der Waals surface area contributed by atoms with Crippen LogP contribution in [0.25, 0.3) is 21.2 Å². The molecule has 0 aliphatic rings. The number of thiazole rings is 1. The Balaban J connectivity index is 1.50. The summed E-state index contributed by atoms with van der Waals surface area (Å²) in [5, 5.41) is 3.50. The number of anilines is 1. The van der Waals surface area contributed by atoms with E-state index in [9.17, 15) is 4.79 Å². The molecule has 0 fully saturated rings. The molecular formula is C17H12N2O3S. The summed E-state index contributed by atoms with van der Waals surface area (Å²) < 4.78 is 11.9. The molecule has 2 heterocycles. The lowest BCUT2D eigenvalue weighted by atomic mass is 10.2. The molecule has 0 atom stereocenters. The molecule has 5 nitrogen and oxygen atoms in total. The van der Waals surface area contributed by atoms with Crippen molar-refractivity contribution in [2.45, 2.75) is 6.61 Å². The van der Waals surface area contributed by atoms with Crippen LogP contribution in [0, 0.1) is 0 Å². The molecule has 6 heteroatoms. The van der Waals surface area contributed by atoms with Gasteiger partial charge in [-0.1, -0.05) is 30.3 Å². The maximum Gasteiger partial charge on any atom is 0.414 e. The van der Waals surface area contributed by atoms with Crippen LogP contribution >= 0.6 is 11.3 Å². The van der Waals surface area contributed by atoms with Crippen LogP contribution in [0.1, 0.15) is 5.56 Å². The number of nitrogens with zero attached hydrogens (tertiary/aromatic N) is 1. The van der Waals surface area contributed by atoms with E-state index < -0.39 is 6.09 Å². The van der Waals surface area contributed by atoms with E-state index in [1.165, 1.54) is 0 Å². The van der Waals surface area contributed by atoms with E-state index >= 15 is 0 Å². The van der Waals surface area contributed by atoms with Gasteiger partial charge in [0.05, 0.1) is 10.2 Å². The molecule has 0 spiro atoms. The molecule has 23 heavy (non-hydrogen) atoms. The highest BCUT2D eigenvalue weighted by atomic mass is 32.1. The average molecular weight is 324 g/mol. The van der Waals surface area contributed by atoms with E-state index in [1.807, 2.05) is 42.5 Å². The summed E-state index contributed by atoms with van der Waals surface area (Å²) in [6.07, 6.45) is -0.553. The third-order valence-corrected chi connectivity index (χ3v) is 4.22. The maximum absolute atomic E-state index is 11.9. The first-order valence-electron chi connectivity index (χ1n) is 7.03. The Morgan fingerprint density at radius 2 is 2.09 bits per heavy atom. The van der Waals surface area contributed by atoms with Gasteiger partial charge in [-0.2, -0.15) is 0 Å². The largest absolute Gasteiger partial charge is 0.444 e. The van der Waals surface area contributed by atoms with Crippen LogP contribution < -0.4 is 5.32 Å². The van der Waals surface area contributed by atoms with E-state index in [4.69, 9.17) is 9.15 Å². The summed E-state index contributed by atoms with van der Waals surface area (Å²) in [6.45, 7) is 0.212. The van der Waals surface area contributed by atoms with Crippen LogP contribution in [0.4, 0.5) is 10.7 Å². The van der Waals surface area contributed by atoms with Crippen molar-refractivity contribution in [3.05, 3.63) is 59.6 Å². The van der Waals surface area contributed by atoms with Crippen LogP contribution in [-0.4, -0.2) is 11.1 Å². The molecule has 4 aromatic rings. The predicted octanol–water partition coefficient (Wildman–Crippen LogP) is 4.79. The van der Waals surface area contributed by atoms with Crippen molar-refractivity contribution in [2.75, 3.05) is 5.32 Å². The Hall–Kier alpha value is -2.86. The molecule has 1 N–H and O–H groups in total.